The first kappa shape index (κ1) is 16.5. The SMILES string of the molecule is CCc1cc(OC(C)=O)cc2occ(-c3nc4ccccc4s3)c(=O)c12. The Balaban J connectivity index is 1.94. The molecule has 6 heteroatoms. The van der Waals surface area contributed by atoms with Crippen LogP contribution in [0.15, 0.2) is 51.9 Å². The van der Waals surface area contributed by atoms with Crippen molar-refractivity contribution < 1.29 is 13.9 Å². The Hall–Kier alpha value is -2.99. The van der Waals surface area contributed by atoms with Crippen LogP contribution >= 0.6 is 11.3 Å². The van der Waals surface area contributed by atoms with Gasteiger partial charge in [-0.1, -0.05) is 19.1 Å². The molecule has 5 nitrogen and oxygen atoms in total. The summed E-state index contributed by atoms with van der Waals surface area (Å²) in [7, 11) is 0. The highest BCUT2D eigenvalue weighted by Gasteiger charge is 2.17. The zero-order valence-electron chi connectivity index (χ0n) is 14.2. The maximum absolute atomic E-state index is 13.1. The maximum atomic E-state index is 13.1. The van der Waals surface area contributed by atoms with Crippen molar-refractivity contribution in [2.24, 2.45) is 0 Å². The molecule has 0 bridgehead atoms. The minimum Gasteiger partial charge on any atom is -0.463 e. The molecule has 0 N–H and O–H groups in total. The van der Waals surface area contributed by atoms with E-state index >= 15 is 0 Å². The van der Waals surface area contributed by atoms with E-state index in [1.807, 2.05) is 31.2 Å². The molecule has 4 aromatic rings. The first-order valence-corrected chi connectivity index (χ1v) is 9.01. The Bertz CT molecular complexity index is 1170. The molecule has 0 unspecified atom stereocenters. The molecule has 0 amide bonds. The zero-order valence-corrected chi connectivity index (χ0v) is 15.1. The first-order valence-electron chi connectivity index (χ1n) is 8.19. The van der Waals surface area contributed by atoms with E-state index in [2.05, 4.69) is 4.98 Å². The van der Waals surface area contributed by atoms with Gasteiger partial charge < -0.3 is 9.15 Å². The Morgan fingerprint density at radius 1 is 1.27 bits per heavy atom. The number of hydrogen-bond acceptors (Lipinski definition) is 6. The molecule has 130 valence electrons. The molecule has 0 aliphatic heterocycles. The molecule has 2 heterocycles. The standard InChI is InChI=1S/C20H15NO4S/c1-3-12-8-13(25-11(2)22)9-16-18(12)19(23)14(10-24-16)20-21-15-6-4-5-7-17(15)26-20/h4-10H,3H2,1-2H3. The monoisotopic (exact) mass is 365 g/mol. The van der Waals surface area contributed by atoms with Crippen LogP contribution in [-0.4, -0.2) is 11.0 Å². The average Bonchev–Trinajstić information content (AvgIpc) is 3.04. The predicted molar refractivity (Wildman–Crippen MR) is 102 cm³/mol. The largest absolute Gasteiger partial charge is 0.463 e. The van der Waals surface area contributed by atoms with Gasteiger partial charge in [0, 0.05) is 13.0 Å². The van der Waals surface area contributed by atoms with Crippen molar-refractivity contribution in [1.82, 2.24) is 4.98 Å². The number of ether oxygens (including phenoxy) is 1. The number of rotatable bonds is 3. The lowest BCUT2D eigenvalue weighted by atomic mass is 10.0. The van der Waals surface area contributed by atoms with Gasteiger partial charge >= 0.3 is 5.97 Å². The van der Waals surface area contributed by atoms with Crippen LogP contribution in [0.5, 0.6) is 5.75 Å². The van der Waals surface area contributed by atoms with Gasteiger partial charge in [0.05, 0.1) is 21.2 Å². The van der Waals surface area contributed by atoms with Crippen molar-refractivity contribution in [3.8, 4) is 16.3 Å². The lowest BCUT2D eigenvalue weighted by Gasteiger charge is -2.08. The Kier molecular flexibility index (Phi) is 4.05. The molecule has 0 spiro atoms. The van der Waals surface area contributed by atoms with Crippen LogP contribution in [0.3, 0.4) is 0 Å². The molecule has 4 rings (SSSR count). The number of aryl methyl sites for hydroxylation is 1. The van der Waals surface area contributed by atoms with Crippen LogP contribution in [0.4, 0.5) is 0 Å². The lowest BCUT2D eigenvalue weighted by Crippen LogP contribution is -2.08. The summed E-state index contributed by atoms with van der Waals surface area (Å²) in [5, 5.41) is 1.13. The fourth-order valence-electron chi connectivity index (χ4n) is 2.95. The van der Waals surface area contributed by atoms with Crippen molar-refractivity contribution in [2.45, 2.75) is 20.3 Å². The topological polar surface area (TPSA) is 69.4 Å². The number of esters is 1. The van der Waals surface area contributed by atoms with Gasteiger partial charge in [-0.15, -0.1) is 11.3 Å². The predicted octanol–water partition coefficient (Wildman–Crippen LogP) is 4.56. The molecule has 0 saturated heterocycles. The van der Waals surface area contributed by atoms with E-state index in [9.17, 15) is 9.59 Å². The van der Waals surface area contributed by atoms with Crippen LogP contribution in [0.25, 0.3) is 31.8 Å². The minimum absolute atomic E-state index is 0.128. The number of nitrogens with zero attached hydrogens (tertiary/aromatic N) is 1. The zero-order chi connectivity index (χ0) is 18.3. The molecular weight excluding hydrogens is 350 g/mol. The minimum atomic E-state index is -0.417. The van der Waals surface area contributed by atoms with E-state index in [0.717, 1.165) is 15.8 Å². The molecule has 26 heavy (non-hydrogen) atoms. The van der Waals surface area contributed by atoms with Gasteiger partial charge in [-0.25, -0.2) is 4.98 Å². The molecule has 0 aliphatic rings. The summed E-state index contributed by atoms with van der Waals surface area (Å²) in [4.78, 5) is 28.9. The third-order valence-electron chi connectivity index (χ3n) is 4.10. The molecule has 0 fully saturated rings. The van der Waals surface area contributed by atoms with E-state index in [4.69, 9.17) is 9.15 Å². The van der Waals surface area contributed by atoms with E-state index in [1.165, 1.54) is 24.5 Å². The summed E-state index contributed by atoms with van der Waals surface area (Å²) in [6.45, 7) is 3.28. The fraction of sp³-hybridized carbons (Fsp3) is 0.150. The number of aromatic nitrogens is 1. The second kappa shape index (κ2) is 6.38. The normalized spacial score (nSPS) is 11.2. The van der Waals surface area contributed by atoms with Crippen LogP contribution in [-0.2, 0) is 11.2 Å². The molecule has 0 aliphatic carbocycles. The summed E-state index contributed by atoms with van der Waals surface area (Å²) in [5.74, 6) is -0.0439. The fourth-order valence-corrected chi connectivity index (χ4v) is 3.91. The maximum Gasteiger partial charge on any atom is 0.308 e. The van der Waals surface area contributed by atoms with Crippen LogP contribution in [0.1, 0.15) is 19.4 Å². The van der Waals surface area contributed by atoms with E-state index in [-0.39, 0.29) is 5.43 Å². The molecule has 0 radical (unpaired) electrons. The summed E-state index contributed by atoms with van der Waals surface area (Å²) < 4.78 is 11.9. The van der Waals surface area contributed by atoms with Crippen molar-refractivity contribution >= 4 is 38.5 Å². The highest BCUT2D eigenvalue weighted by Crippen LogP contribution is 2.31. The summed E-state index contributed by atoms with van der Waals surface area (Å²) in [6, 6.07) is 11.0. The first-order chi connectivity index (χ1) is 12.6. The molecule has 2 aromatic carbocycles. The summed E-state index contributed by atoms with van der Waals surface area (Å²) in [5.41, 5.74) is 2.34. The second-order valence-corrected chi connectivity index (χ2v) is 6.90. The smallest absolute Gasteiger partial charge is 0.308 e. The number of benzene rings is 2. The lowest BCUT2D eigenvalue weighted by molar-refractivity contribution is -0.131. The van der Waals surface area contributed by atoms with Crippen molar-refractivity contribution in [3.63, 3.8) is 0 Å². The number of thiazole rings is 1. The van der Waals surface area contributed by atoms with Crippen molar-refractivity contribution in [3.05, 3.63) is 58.4 Å². The van der Waals surface area contributed by atoms with Gasteiger partial charge in [-0.2, -0.15) is 0 Å². The summed E-state index contributed by atoms with van der Waals surface area (Å²) in [6.07, 6.45) is 2.04. The van der Waals surface area contributed by atoms with Crippen LogP contribution < -0.4 is 10.2 Å². The van der Waals surface area contributed by atoms with E-state index < -0.39 is 5.97 Å². The van der Waals surface area contributed by atoms with E-state index in [1.54, 1.807) is 12.1 Å². The number of carbonyl (C=O) groups is 1. The van der Waals surface area contributed by atoms with Gasteiger partial charge in [-0.05, 0) is 30.2 Å². The number of para-hydroxylation sites is 1. The van der Waals surface area contributed by atoms with Crippen LogP contribution in [0.2, 0.25) is 0 Å². The number of hydrogen-bond donors (Lipinski definition) is 0. The molecule has 2 aromatic heterocycles. The van der Waals surface area contributed by atoms with Crippen molar-refractivity contribution in [2.75, 3.05) is 0 Å². The average molecular weight is 365 g/mol. The quantitative estimate of drug-likeness (QED) is 0.393. The van der Waals surface area contributed by atoms with Gasteiger partial charge in [0.25, 0.3) is 0 Å². The van der Waals surface area contributed by atoms with Gasteiger partial charge in [-0.3, -0.25) is 9.59 Å². The van der Waals surface area contributed by atoms with E-state index in [0.29, 0.717) is 33.7 Å². The summed E-state index contributed by atoms with van der Waals surface area (Å²) >= 11 is 1.46. The third-order valence-corrected chi connectivity index (χ3v) is 5.17. The highest BCUT2D eigenvalue weighted by atomic mass is 32.1. The highest BCUT2D eigenvalue weighted by molar-refractivity contribution is 7.21. The third kappa shape index (κ3) is 2.78. The van der Waals surface area contributed by atoms with Gasteiger partial charge in [0.1, 0.15) is 22.6 Å². The number of carbonyl (C=O) groups excluding carboxylic acids is 1. The van der Waals surface area contributed by atoms with Gasteiger partial charge in [0.2, 0.25) is 5.43 Å². The van der Waals surface area contributed by atoms with Crippen LogP contribution in [0, 0.1) is 0 Å². The Labute approximate surface area is 152 Å². The Morgan fingerprint density at radius 2 is 2.08 bits per heavy atom. The van der Waals surface area contributed by atoms with Gasteiger partial charge in [0.15, 0.2) is 0 Å². The van der Waals surface area contributed by atoms with Crippen molar-refractivity contribution in [1.29, 1.82) is 0 Å². The second-order valence-electron chi connectivity index (χ2n) is 5.87. The molecular formula is C20H15NO4S. The molecule has 0 atom stereocenters. The number of fused-ring (bicyclic) bond motifs is 2. The molecule has 0 saturated carbocycles. The Morgan fingerprint density at radius 3 is 2.81 bits per heavy atom.